The maximum atomic E-state index is 13.1. The van der Waals surface area contributed by atoms with E-state index in [9.17, 15) is 4.79 Å². The van der Waals surface area contributed by atoms with Crippen LogP contribution in [0.4, 0.5) is 0 Å². The maximum Gasteiger partial charge on any atom is 0.279 e. The standard InChI is InChI=1S/C23H15BrN4O3/c1-30-17-9-4-6-14(12-17)21-25-22(31-27-21)20-18-10-2-3-11-19(18)23(29)28(26-20)16-8-5-7-15(24)13-16/h2-13H,1H3. The van der Waals surface area contributed by atoms with Crippen LogP contribution in [-0.2, 0) is 0 Å². The number of methoxy groups -OCH3 is 1. The molecule has 3 aromatic carbocycles. The molecule has 0 aliphatic heterocycles. The van der Waals surface area contributed by atoms with Gasteiger partial charge in [0, 0.05) is 15.4 Å². The Morgan fingerprint density at radius 3 is 2.58 bits per heavy atom. The molecule has 152 valence electrons. The zero-order valence-electron chi connectivity index (χ0n) is 16.3. The van der Waals surface area contributed by atoms with Gasteiger partial charge < -0.3 is 9.26 Å². The van der Waals surface area contributed by atoms with Crippen molar-refractivity contribution in [3.63, 3.8) is 0 Å². The third kappa shape index (κ3) is 3.51. The Bertz CT molecular complexity index is 1480. The molecular formula is C23H15BrN4O3. The van der Waals surface area contributed by atoms with Gasteiger partial charge in [0.1, 0.15) is 5.75 Å². The van der Waals surface area contributed by atoms with Crippen molar-refractivity contribution in [2.75, 3.05) is 7.11 Å². The van der Waals surface area contributed by atoms with Gasteiger partial charge in [-0.15, -0.1) is 0 Å². The van der Waals surface area contributed by atoms with Crippen molar-refractivity contribution in [2.45, 2.75) is 0 Å². The molecule has 2 aromatic heterocycles. The number of ether oxygens (including phenoxy) is 1. The van der Waals surface area contributed by atoms with E-state index in [1.165, 1.54) is 4.68 Å². The number of halogens is 1. The summed E-state index contributed by atoms with van der Waals surface area (Å²) in [4.78, 5) is 17.7. The van der Waals surface area contributed by atoms with E-state index in [0.29, 0.717) is 33.7 Å². The van der Waals surface area contributed by atoms with Crippen molar-refractivity contribution in [1.29, 1.82) is 0 Å². The van der Waals surface area contributed by atoms with Crippen LogP contribution in [-0.4, -0.2) is 27.0 Å². The lowest BCUT2D eigenvalue weighted by Gasteiger charge is -2.09. The predicted molar refractivity (Wildman–Crippen MR) is 120 cm³/mol. The third-order valence-electron chi connectivity index (χ3n) is 4.81. The first-order valence-corrected chi connectivity index (χ1v) is 10.2. The first-order valence-electron chi connectivity index (χ1n) is 9.40. The molecule has 0 aliphatic rings. The van der Waals surface area contributed by atoms with E-state index in [4.69, 9.17) is 9.26 Å². The highest BCUT2D eigenvalue weighted by Gasteiger charge is 2.19. The largest absolute Gasteiger partial charge is 0.497 e. The molecule has 2 heterocycles. The molecule has 5 rings (SSSR count). The number of aromatic nitrogens is 4. The molecule has 0 aliphatic carbocycles. The molecule has 0 atom stereocenters. The van der Waals surface area contributed by atoms with Crippen molar-refractivity contribution < 1.29 is 9.26 Å². The van der Waals surface area contributed by atoms with Crippen LogP contribution in [0.2, 0.25) is 0 Å². The van der Waals surface area contributed by atoms with Crippen LogP contribution in [0.1, 0.15) is 0 Å². The number of nitrogens with zero attached hydrogens (tertiary/aromatic N) is 4. The predicted octanol–water partition coefficient (Wildman–Crippen LogP) is 4.87. The Labute approximate surface area is 185 Å². The number of fused-ring (bicyclic) bond motifs is 1. The molecule has 0 bridgehead atoms. The maximum absolute atomic E-state index is 13.1. The number of rotatable bonds is 4. The Hall–Kier alpha value is -3.78. The van der Waals surface area contributed by atoms with Crippen molar-refractivity contribution in [1.82, 2.24) is 19.9 Å². The second-order valence-corrected chi connectivity index (χ2v) is 7.66. The van der Waals surface area contributed by atoms with E-state index in [-0.39, 0.29) is 11.4 Å². The van der Waals surface area contributed by atoms with E-state index >= 15 is 0 Å². The molecule has 0 saturated heterocycles. The summed E-state index contributed by atoms with van der Waals surface area (Å²) >= 11 is 3.44. The first-order chi connectivity index (χ1) is 15.1. The molecule has 0 saturated carbocycles. The topological polar surface area (TPSA) is 83.0 Å². The highest BCUT2D eigenvalue weighted by Crippen LogP contribution is 2.28. The molecule has 0 fully saturated rings. The average Bonchev–Trinajstić information content (AvgIpc) is 3.30. The minimum Gasteiger partial charge on any atom is -0.497 e. The fraction of sp³-hybridized carbons (Fsp3) is 0.0435. The van der Waals surface area contributed by atoms with Crippen LogP contribution < -0.4 is 10.3 Å². The normalized spacial score (nSPS) is 11.0. The summed E-state index contributed by atoms with van der Waals surface area (Å²) in [6.07, 6.45) is 0. The van der Waals surface area contributed by atoms with E-state index < -0.39 is 0 Å². The van der Waals surface area contributed by atoms with Crippen LogP contribution in [0.25, 0.3) is 39.4 Å². The SMILES string of the molecule is COc1cccc(-c2noc(-c3nn(-c4cccc(Br)c4)c(=O)c4ccccc34)n2)c1. The first kappa shape index (κ1) is 19.2. The van der Waals surface area contributed by atoms with Crippen LogP contribution in [0.5, 0.6) is 5.75 Å². The van der Waals surface area contributed by atoms with E-state index in [1.807, 2.05) is 66.7 Å². The van der Waals surface area contributed by atoms with Crippen molar-refractivity contribution in [2.24, 2.45) is 0 Å². The van der Waals surface area contributed by atoms with Crippen LogP contribution in [0.15, 0.2) is 86.6 Å². The van der Waals surface area contributed by atoms with E-state index in [0.717, 1.165) is 10.0 Å². The fourth-order valence-corrected chi connectivity index (χ4v) is 3.72. The minimum atomic E-state index is -0.231. The van der Waals surface area contributed by atoms with Crippen LogP contribution >= 0.6 is 15.9 Å². The van der Waals surface area contributed by atoms with Crippen LogP contribution in [0, 0.1) is 0 Å². The van der Waals surface area contributed by atoms with Gasteiger partial charge in [0.25, 0.3) is 11.4 Å². The minimum absolute atomic E-state index is 0.220. The van der Waals surface area contributed by atoms with Gasteiger partial charge in [0.15, 0.2) is 5.69 Å². The van der Waals surface area contributed by atoms with Gasteiger partial charge in [0.05, 0.1) is 18.2 Å². The Balaban J connectivity index is 1.71. The molecule has 0 spiro atoms. The second kappa shape index (κ2) is 7.81. The summed E-state index contributed by atoms with van der Waals surface area (Å²) in [7, 11) is 1.60. The van der Waals surface area contributed by atoms with Gasteiger partial charge in [-0.1, -0.05) is 57.5 Å². The number of hydrogen-bond acceptors (Lipinski definition) is 6. The monoisotopic (exact) mass is 474 g/mol. The smallest absolute Gasteiger partial charge is 0.279 e. The Morgan fingerprint density at radius 2 is 1.77 bits per heavy atom. The van der Waals surface area contributed by atoms with Crippen molar-refractivity contribution in [3.8, 4) is 34.4 Å². The molecule has 31 heavy (non-hydrogen) atoms. The lowest BCUT2D eigenvalue weighted by Crippen LogP contribution is -2.22. The second-order valence-electron chi connectivity index (χ2n) is 6.75. The molecule has 0 unspecified atom stereocenters. The lowest BCUT2D eigenvalue weighted by atomic mass is 10.1. The van der Waals surface area contributed by atoms with Crippen molar-refractivity contribution in [3.05, 3.63) is 87.6 Å². The van der Waals surface area contributed by atoms with Gasteiger partial charge >= 0.3 is 0 Å². The average molecular weight is 475 g/mol. The zero-order valence-corrected chi connectivity index (χ0v) is 17.9. The van der Waals surface area contributed by atoms with Crippen molar-refractivity contribution >= 4 is 26.7 Å². The summed E-state index contributed by atoms with van der Waals surface area (Å²) in [5.41, 5.74) is 1.57. The molecule has 0 amide bonds. The fourth-order valence-electron chi connectivity index (χ4n) is 3.33. The molecule has 7 nitrogen and oxygen atoms in total. The quantitative estimate of drug-likeness (QED) is 0.369. The third-order valence-corrected chi connectivity index (χ3v) is 5.31. The molecule has 5 aromatic rings. The molecule has 0 radical (unpaired) electrons. The van der Waals surface area contributed by atoms with Gasteiger partial charge in [-0.3, -0.25) is 4.79 Å². The molecular weight excluding hydrogens is 460 g/mol. The molecule has 8 heteroatoms. The van der Waals surface area contributed by atoms with Crippen LogP contribution in [0.3, 0.4) is 0 Å². The highest BCUT2D eigenvalue weighted by atomic mass is 79.9. The Kier molecular flexibility index (Phi) is 4.83. The van der Waals surface area contributed by atoms with E-state index in [1.54, 1.807) is 13.2 Å². The number of hydrogen-bond donors (Lipinski definition) is 0. The highest BCUT2D eigenvalue weighted by molar-refractivity contribution is 9.10. The summed E-state index contributed by atoms with van der Waals surface area (Å²) in [6, 6.07) is 22.0. The Morgan fingerprint density at radius 1 is 0.968 bits per heavy atom. The summed E-state index contributed by atoms with van der Waals surface area (Å²) in [6.45, 7) is 0. The summed E-state index contributed by atoms with van der Waals surface area (Å²) in [5, 5.41) is 9.84. The molecule has 0 N–H and O–H groups in total. The van der Waals surface area contributed by atoms with Gasteiger partial charge in [-0.25, -0.2) is 0 Å². The zero-order chi connectivity index (χ0) is 21.4. The summed E-state index contributed by atoms with van der Waals surface area (Å²) in [5.74, 6) is 1.31. The number of benzene rings is 3. The lowest BCUT2D eigenvalue weighted by molar-refractivity contribution is 0.414. The van der Waals surface area contributed by atoms with E-state index in [2.05, 4.69) is 31.2 Å². The summed E-state index contributed by atoms with van der Waals surface area (Å²) < 4.78 is 13.0. The van der Waals surface area contributed by atoms with Gasteiger partial charge in [0.2, 0.25) is 5.82 Å². The van der Waals surface area contributed by atoms with Gasteiger partial charge in [-0.2, -0.15) is 14.8 Å². The van der Waals surface area contributed by atoms with Gasteiger partial charge in [-0.05, 0) is 36.4 Å².